The summed E-state index contributed by atoms with van der Waals surface area (Å²) in [5.74, 6) is -0.948. The first-order valence-corrected chi connectivity index (χ1v) is 14.0. The van der Waals surface area contributed by atoms with Gasteiger partial charge in [0, 0.05) is 22.2 Å². The summed E-state index contributed by atoms with van der Waals surface area (Å²) in [5.41, 5.74) is 1.02. The number of hydrogen-bond acceptors (Lipinski definition) is 4. The number of Topliss-reactive ketones (excluding diaryl/α,β-unsaturated/α-hetero) is 1. The maximum Gasteiger partial charge on any atom is 0.295 e. The number of ketones is 1. The third kappa shape index (κ3) is 7.52. The number of aliphatic hydroxyl groups excluding tert-OH is 1. The van der Waals surface area contributed by atoms with Crippen molar-refractivity contribution in [2.75, 3.05) is 13.7 Å². The van der Waals surface area contributed by atoms with E-state index in [9.17, 15) is 14.7 Å². The summed E-state index contributed by atoms with van der Waals surface area (Å²) in [4.78, 5) is 27.9. The molecule has 2 aromatic carbocycles. The topological polar surface area (TPSA) is 66.8 Å². The van der Waals surface area contributed by atoms with Crippen LogP contribution in [0.15, 0.2) is 48.0 Å². The van der Waals surface area contributed by atoms with Gasteiger partial charge in [-0.3, -0.25) is 9.59 Å². The Kier molecular flexibility index (Phi) is 11.3. The molecule has 1 atom stereocenters. The average Bonchev–Trinajstić information content (AvgIpc) is 3.14. The fourth-order valence-corrected chi connectivity index (χ4v) is 5.34. The number of aliphatic hydroxyl groups is 1. The number of benzene rings is 2. The van der Waals surface area contributed by atoms with Gasteiger partial charge in [0.1, 0.15) is 11.5 Å². The van der Waals surface area contributed by atoms with E-state index in [0.29, 0.717) is 33.5 Å². The minimum absolute atomic E-state index is 0.0338. The summed E-state index contributed by atoms with van der Waals surface area (Å²) in [7, 11) is 1.55. The van der Waals surface area contributed by atoms with Crippen molar-refractivity contribution in [1.29, 1.82) is 0 Å². The van der Waals surface area contributed by atoms with Crippen LogP contribution < -0.4 is 4.74 Å². The molecule has 0 bridgehead atoms. The molecule has 3 rings (SSSR count). The molecule has 1 saturated heterocycles. The lowest BCUT2D eigenvalue weighted by Crippen LogP contribution is -2.30. The Morgan fingerprint density at radius 2 is 1.49 bits per heavy atom. The minimum Gasteiger partial charge on any atom is -0.507 e. The number of halogens is 2. The van der Waals surface area contributed by atoms with Crippen LogP contribution in [0.25, 0.3) is 5.76 Å². The molecule has 2 aromatic rings. The van der Waals surface area contributed by atoms with Gasteiger partial charge in [0.2, 0.25) is 0 Å². The van der Waals surface area contributed by atoms with E-state index in [2.05, 4.69) is 6.92 Å². The summed E-state index contributed by atoms with van der Waals surface area (Å²) >= 11 is 12.7. The van der Waals surface area contributed by atoms with E-state index in [1.807, 2.05) is 0 Å². The van der Waals surface area contributed by atoms with Crippen molar-refractivity contribution in [1.82, 2.24) is 4.90 Å². The van der Waals surface area contributed by atoms with Crippen LogP contribution in [0, 0.1) is 0 Å². The first kappa shape index (κ1) is 29.1. The van der Waals surface area contributed by atoms with E-state index in [4.69, 9.17) is 27.9 Å². The monoisotopic (exact) mass is 545 g/mol. The number of methoxy groups -OCH3 is 1. The molecule has 7 heteroatoms. The average molecular weight is 547 g/mol. The molecule has 0 saturated carbocycles. The van der Waals surface area contributed by atoms with Crippen molar-refractivity contribution in [3.05, 3.63) is 69.2 Å². The van der Waals surface area contributed by atoms with E-state index in [-0.39, 0.29) is 11.3 Å². The van der Waals surface area contributed by atoms with E-state index < -0.39 is 17.7 Å². The summed E-state index contributed by atoms with van der Waals surface area (Å²) in [5, 5.41) is 12.0. The zero-order chi connectivity index (χ0) is 26.8. The van der Waals surface area contributed by atoms with Crippen LogP contribution in [0.4, 0.5) is 0 Å². The minimum atomic E-state index is -0.787. The van der Waals surface area contributed by atoms with E-state index >= 15 is 0 Å². The number of unbranched alkanes of at least 4 members (excludes halogenated alkanes) is 9. The highest BCUT2D eigenvalue weighted by atomic mass is 35.5. The van der Waals surface area contributed by atoms with Crippen molar-refractivity contribution in [3.8, 4) is 5.75 Å². The zero-order valence-electron chi connectivity index (χ0n) is 21.8. The molecular weight excluding hydrogens is 509 g/mol. The highest BCUT2D eigenvalue weighted by Crippen LogP contribution is 2.42. The van der Waals surface area contributed by atoms with Gasteiger partial charge in [0.25, 0.3) is 11.7 Å². The fourth-order valence-electron chi connectivity index (χ4n) is 4.83. The second-order valence-electron chi connectivity index (χ2n) is 9.57. The van der Waals surface area contributed by atoms with Gasteiger partial charge in [0.05, 0.1) is 18.7 Å². The summed E-state index contributed by atoms with van der Waals surface area (Å²) in [6.45, 7) is 2.63. The van der Waals surface area contributed by atoms with Crippen LogP contribution in [0.5, 0.6) is 5.75 Å². The van der Waals surface area contributed by atoms with Crippen LogP contribution in [-0.4, -0.2) is 35.4 Å². The number of hydrogen-bond donors (Lipinski definition) is 1. The lowest BCUT2D eigenvalue weighted by Gasteiger charge is -2.26. The van der Waals surface area contributed by atoms with Crippen molar-refractivity contribution < 1.29 is 19.4 Å². The number of carbonyl (C=O) groups is 2. The first-order chi connectivity index (χ1) is 17.9. The molecule has 5 nitrogen and oxygen atoms in total. The fraction of sp³-hybridized carbons (Fsp3) is 0.467. The molecule has 1 aliphatic rings. The number of amides is 1. The summed E-state index contributed by atoms with van der Waals surface area (Å²) in [6.07, 6.45) is 11.7. The second-order valence-corrected chi connectivity index (χ2v) is 10.4. The second kappa shape index (κ2) is 14.4. The van der Waals surface area contributed by atoms with Gasteiger partial charge in [-0.05, 0) is 48.4 Å². The molecule has 0 aliphatic carbocycles. The molecule has 1 amide bonds. The molecule has 0 aromatic heterocycles. The Balaban J connectivity index is 1.77. The maximum atomic E-state index is 13.2. The number of rotatable bonds is 14. The van der Waals surface area contributed by atoms with Gasteiger partial charge in [-0.1, -0.05) is 94.0 Å². The lowest BCUT2D eigenvalue weighted by molar-refractivity contribution is -0.139. The highest BCUT2D eigenvalue weighted by molar-refractivity contribution is 6.47. The Morgan fingerprint density at radius 3 is 2.05 bits per heavy atom. The zero-order valence-corrected chi connectivity index (χ0v) is 23.3. The Hall–Kier alpha value is -2.50. The number of carbonyl (C=O) groups excluding carboxylic acids is 2. The molecule has 1 aliphatic heterocycles. The van der Waals surface area contributed by atoms with Crippen LogP contribution in [0.2, 0.25) is 10.0 Å². The van der Waals surface area contributed by atoms with Gasteiger partial charge < -0.3 is 14.7 Å². The van der Waals surface area contributed by atoms with Crippen LogP contribution in [0.1, 0.15) is 88.3 Å². The predicted molar refractivity (Wildman–Crippen MR) is 150 cm³/mol. The van der Waals surface area contributed by atoms with Crippen molar-refractivity contribution in [3.63, 3.8) is 0 Å². The molecule has 1 heterocycles. The van der Waals surface area contributed by atoms with Crippen LogP contribution in [0.3, 0.4) is 0 Å². The molecule has 0 radical (unpaired) electrons. The van der Waals surface area contributed by atoms with Gasteiger partial charge in [-0.15, -0.1) is 0 Å². The van der Waals surface area contributed by atoms with E-state index in [1.165, 1.54) is 49.8 Å². The first-order valence-electron chi connectivity index (χ1n) is 13.3. The molecular formula is C30H37Cl2NO4. The quantitative estimate of drug-likeness (QED) is 0.112. The lowest BCUT2D eigenvalue weighted by atomic mass is 9.95. The molecule has 37 heavy (non-hydrogen) atoms. The van der Waals surface area contributed by atoms with E-state index in [0.717, 1.165) is 19.3 Å². The molecule has 0 spiro atoms. The normalized spacial score (nSPS) is 17.0. The molecule has 1 N–H and O–H groups in total. The maximum absolute atomic E-state index is 13.2. The predicted octanol–water partition coefficient (Wildman–Crippen LogP) is 8.34. The van der Waals surface area contributed by atoms with Crippen molar-refractivity contribution >= 4 is 40.7 Å². The highest BCUT2D eigenvalue weighted by Gasteiger charge is 2.46. The number of ether oxygens (including phenoxy) is 1. The number of likely N-dealkylation sites (tertiary alicyclic amines) is 1. The largest absolute Gasteiger partial charge is 0.507 e. The third-order valence-corrected chi connectivity index (χ3v) is 7.48. The van der Waals surface area contributed by atoms with Gasteiger partial charge in [0.15, 0.2) is 0 Å². The molecule has 1 unspecified atom stereocenters. The smallest absolute Gasteiger partial charge is 0.295 e. The summed E-state index contributed by atoms with van der Waals surface area (Å²) < 4.78 is 5.19. The Bertz CT molecular complexity index is 1100. The van der Waals surface area contributed by atoms with E-state index in [1.54, 1.807) is 49.6 Å². The number of nitrogens with zero attached hydrogens (tertiary/aromatic N) is 1. The third-order valence-electron chi connectivity index (χ3n) is 6.91. The van der Waals surface area contributed by atoms with Gasteiger partial charge in [-0.25, -0.2) is 0 Å². The van der Waals surface area contributed by atoms with Crippen LogP contribution in [-0.2, 0) is 9.59 Å². The molecule has 1 fully saturated rings. The van der Waals surface area contributed by atoms with Gasteiger partial charge in [-0.2, -0.15) is 0 Å². The van der Waals surface area contributed by atoms with Crippen molar-refractivity contribution in [2.24, 2.45) is 0 Å². The standard InChI is InChI=1S/C30H37Cl2NO4/c1-3-4-5-6-7-8-9-10-11-12-19-33-27(24-18-15-22(31)20-25(24)32)26(29(35)30(33)36)28(34)21-13-16-23(37-2)17-14-21/h13-18,20,27,34H,3-12,19H2,1-2H3/b28-26-. The van der Waals surface area contributed by atoms with Crippen LogP contribution >= 0.6 is 23.2 Å². The SMILES string of the molecule is CCCCCCCCCCCCN1C(=O)C(=O)/C(=C(\O)c2ccc(OC)cc2)C1c1ccc(Cl)cc1Cl. The summed E-state index contributed by atoms with van der Waals surface area (Å²) in [6, 6.07) is 10.9. The molecule has 200 valence electrons. The van der Waals surface area contributed by atoms with Gasteiger partial charge >= 0.3 is 0 Å². The Morgan fingerprint density at radius 1 is 0.892 bits per heavy atom. The van der Waals surface area contributed by atoms with Crippen molar-refractivity contribution in [2.45, 2.75) is 77.2 Å². The Labute approximate surface area is 230 Å².